The molecule has 0 N–H and O–H groups in total. The topological polar surface area (TPSA) is 25.8 Å². The van der Waals surface area contributed by atoms with E-state index in [0.717, 1.165) is 19.7 Å². The third-order valence-corrected chi connectivity index (χ3v) is 8.40. The SMILES string of the molecule is Cc1cccc2sc(SSc3nc4c(C)cccc4s3)nc12. The van der Waals surface area contributed by atoms with Crippen LogP contribution in [0.15, 0.2) is 45.1 Å². The van der Waals surface area contributed by atoms with Crippen molar-refractivity contribution in [2.45, 2.75) is 22.5 Å². The highest BCUT2D eigenvalue weighted by Gasteiger charge is 2.10. The summed E-state index contributed by atoms with van der Waals surface area (Å²) >= 11 is 3.50. The lowest BCUT2D eigenvalue weighted by Gasteiger charge is -1.92. The van der Waals surface area contributed by atoms with Crippen molar-refractivity contribution in [3.8, 4) is 0 Å². The van der Waals surface area contributed by atoms with Crippen LogP contribution in [0.4, 0.5) is 0 Å². The number of nitrogens with zero attached hydrogens (tertiary/aromatic N) is 2. The van der Waals surface area contributed by atoms with Gasteiger partial charge in [-0.2, -0.15) is 0 Å². The molecule has 2 heterocycles. The van der Waals surface area contributed by atoms with Gasteiger partial charge in [0.1, 0.15) is 0 Å². The van der Waals surface area contributed by atoms with Gasteiger partial charge in [0.05, 0.1) is 20.4 Å². The maximum Gasteiger partial charge on any atom is 0.162 e. The quantitative estimate of drug-likeness (QED) is 0.399. The number of hydrogen-bond acceptors (Lipinski definition) is 6. The van der Waals surface area contributed by atoms with Gasteiger partial charge in [0.2, 0.25) is 0 Å². The van der Waals surface area contributed by atoms with Crippen LogP contribution in [0.5, 0.6) is 0 Å². The smallest absolute Gasteiger partial charge is 0.162 e. The Morgan fingerprint density at radius 1 is 0.727 bits per heavy atom. The Balaban J connectivity index is 1.60. The normalized spacial score (nSPS) is 11.5. The third kappa shape index (κ3) is 2.65. The van der Waals surface area contributed by atoms with Crippen LogP contribution in [0, 0.1) is 13.8 Å². The Morgan fingerprint density at radius 2 is 1.18 bits per heavy atom. The molecule has 2 aromatic carbocycles. The van der Waals surface area contributed by atoms with E-state index in [9.17, 15) is 0 Å². The lowest BCUT2D eigenvalue weighted by Crippen LogP contribution is -1.75. The minimum Gasteiger partial charge on any atom is -0.228 e. The van der Waals surface area contributed by atoms with Gasteiger partial charge in [-0.05, 0) is 58.7 Å². The highest BCUT2D eigenvalue weighted by Crippen LogP contribution is 2.43. The largest absolute Gasteiger partial charge is 0.228 e. The molecule has 22 heavy (non-hydrogen) atoms. The molecule has 0 atom stereocenters. The molecule has 0 aliphatic rings. The molecule has 0 amide bonds. The molecule has 4 aromatic rings. The van der Waals surface area contributed by atoms with Crippen LogP contribution in [0.2, 0.25) is 0 Å². The summed E-state index contributed by atoms with van der Waals surface area (Å²) in [7, 11) is 3.40. The second-order valence-corrected chi connectivity index (χ2v) is 9.65. The monoisotopic (exact) mass is 360 g/mol. The fraction of sp³-hybridized carbons (Fsp3) is 0.125. The number of aromatic nitrogens is 2. The summed E-state index contributed by atoms with van der Waals surface area (Å²) in [5.41, 5.74) is 4.72. The molecule has 0 spiro atoms. The van der Waals surface area contributed by atoms with E-state index < -0.39 is 0 Å². The summed E-state index contributed by atoms with van der Waals surface area (Å²) < 4.78 is 4.68. The molecule has 0 saturated heterocycles. The van der Waals surface area contributed by atoms with Crippen molar-refractivity contribution in [3.05, 3.63) is 47.5 Å². The number of aryl methyl sites for hydroxylation is 2. The first-order valence-corrected chi connectivity index (χ1v) is 10.6. The van der Waals surface area contributed by atoms with E-state index in [-0.39, 0.29) is 0 Å². The summed E-state index contributed by atoms with van der Waals surface area (Å²) in [6.45, 7) is 4.22. The lowest BCUT2D eigenvalue weighted by molar-refractivity contribution is 1.28. The van der Waals surface area contributed by atoms with Gasteiger partial charge < -0.3 is 0 Å². The van der Waals surface area contributed by atoms with Gasteiger partial charge in [-0.25, -0.2) is 9.97 Å². The molecule has 2 aromatic heterocycles. The van der Waals surface area contributed by atoms with Crippen molar-refractivity contribution in [3.63, 3.8) is 0 Å². The molecule has 0 radical (unpaired) electrons. The average Bonchev–Trinajstić information content (AvgIpc) is 3.10. The Hall–Kier alpha value is -1.08. The second kappa shape index (κ2) is 5.85. The van der Waals surface area contributed by atoms with Crippen LogP contribution in [-0.2, 0) is 0 Å². The molecular weight excluding hydrogens is 348 g/mol. The number of fused-ring (bicyclic) bond motifs is 2. The first-order chi connectivity index (χ1) is 10.7. The fourth-order valence-corrected chi connectivity index (χ4v) is 6.91. The van der Waals surface area contributed by atoms with Crippen molar-refractivity contribution < 1.29 is 0 Å². The van der Waals surface area contributed by atoms with Gasteiger partial charge in [-0.3, -0.25) is 0 Å². The van der Waals surface area contributed by atoms with E-state index >= 15 is 0 Å². The molecule has 0 unspecified atom stereocenters. The molecule has 6 heteroatoms. The van der Waals surface area contributed by atoms with Gasteiger partial charge in [0.15, 0.2) is 8.68 Å². The van der Waals surface area contributed by atoms with Crippen molar-refractivity contribution in [2.24, 2.45) is 0 Å². The highest BCUT2D eigenvalue weighted by molar-refractivity contribution is 8.77. The molecule has 0 aliphatic carbocycles. The average molecular weight is 361 g/mol. The second-order valence-electron chi connectivity index (χ2n) is 4.97. The standard InChI is InChI=1S/C16H12N2S4/c1-9-5-3-7-11-13(9)17-15(19-11)21-22-16-18-14-10(2)6-4-8-12(14)20-16/h3-8H,1-2H3. The van der Waals surface area contributed by atoms with Crippen molar-refractivity contribution >= 4 is 64.7 Å². The Bertz CT molecular complexity index is 891. The van der Waals surface area contributed by atoms with Crippen LogP contribution in [0.25, 0.3) is 20.4 Å². The predicted octanol–water partition coefficient (Wildman–Crippen LogP) is 6.32. The van der Waals surface area contributed by atoms with Crippen LogP contribution in [-0.4, -0.2) is 9.97 Å². The van der Waals surface area contributed by atoms with Crippen molar-refractivity contribution in [2.75, 3.05) is 0 Å². The van der Waals surface area contributed by atoms with Crippen molar-refractivity contribution in [1.29, 1.82) is 0 Å². The van der Waals surface area contributed by atoms with Crippen LogP contribution >= 0.6 is 44.3 Å². The summed E-state index contributed by atoms with van der Waals surface area (Å²) in [6.07, 6.45) is 0. The van der Waals surface area contributed by atoms with Crippen LogP contribution in [0.3, 0.4) is 0 Å². The summed E-state index contributed by atoms with van der Waals surface area (Å²) in [5, 5.41) is 0. The van der Waals surface area contributed by atoms with Gasteiger partial charge in [-0.15, -0.1) is 22.7 Å². The molecule has 0 fully saturated rings. The summed E-state index contributed by atoms with van der Waals surface area (Å²) in [5.74, 6) is 0. The van der Waals surface area contributed by atoms with E-state index in [1.54, 1.807) is 44.3 Å². The van der Waals surface area contributed by atoms with Crippen molar-refractivity contribution in [1.82, 2.24) is 9.97 Å². The number of benzene rings is 2. The zero-order valence-electron chi connectivity index (χ0n) is 12.0. The molecular formula is C16H12N2S4. The number of para-hydroxylation sites is 2. The molecule has 4 rings (SSSR count). The first-order valence-electron chi connectivity index (χ1n) is 6.77. The predicted molar refractivity (Wildman–Crippen MR) is 100 cm³/mol. The van der Waals surface area contributed by atoms with Gasteiger partial charge in [0, 0.05) is 0 Å². The third-order valence-electron chi connectivity index (χ3n) is 3.39. The summed E-state index contributed by atoms with van der Waals surface area (Å²) in [4.78, 5) is 9.47. The Morgan fingerprint density at radius 3 is 1.59 bits per heavy atom. The van der Waals surface area contributed by atoms with E-state index in [2.05, 4.69) is 50.2 Å². The van der Waals surface area contributed by atoms with Gasteiger partial charge >= 0.3 is 0 Å². The number of rotatable bonds is 3. The number of thiazole rings is 2. The van der Waals surface area contributed by atoms with Crippen LogP contribution < -0.4 is 0 Å². The van der Waals surface area contributed by atoms with Gasteiger partial charge in [0.25, 0.3) is 0 Å². The molecule has 0 aliphatic heterocycles. The molecule has 0 saturated carbocycles. The molecule has 110 valence electrons. The maximum absolute atomic E-state index is 4.74. The summed E-state index contributed by atoms with van der Waals surface area (Å²) in [6, 6.07) is 12.7. The lowest BCUT2D eigenvalue weighted by atomic mass is 10.2. The minimum atomic E-state index is 1.09. The minimum absolute atomic E-state index is 1.09. The zero-order valence-corrected chi connectivity index (χ0v) is 15.3. The molecule has 0 bridgehead atoms. The maximum atomic E-state index is 4.74. The molecule has 2 nitrogen and oxygen atoms in total. The van der Waals surface area contributed by atoms with E-state index in [4.69, 9.17) is 9.97 Å². The van der Waals surface area contributed by atoms with E-state index in [1.807, 2.05) is 0 Å². The Kier molecular flexibility index (Phi) is 3.86. The van der Waals surface area contributed by atoms with Crippen LogP contribution in [0.1, 0.15) is 11.1 Å². The van der Waals surface area contributed by atoms with E-state index in [0.29, 0.717) is 0 Å². The van der Waals surface area contributed by atoms with Gasteiger partial charge in [-0.1, -0.05) is 24.3 Å². The van der Waals surface area contributed by atoms with E-state index in [1.165, 1.54) is 20.5 Å². The Labute approximate surface area is 144 Å². The fourth-order valence-electron chi connectivity index (χ4n) is 2.27. The first kappa shape index (κ1) is 14.5. The highest BCUT2D eigenvalue weighted by atomic mass is 33.1. The zero-order chi connectivity index (χ0) is 15.1. The number of hydrogen-bond donors (Lipinski definition) is 0.